The first-order valence-electron chi connectivity index (χ1n) is 6.20. The van der Waals surface area contributed by atoms with Crippen LogP contribution in [0.15, 0.2) is 42.9 Å². The summed E-state index contributed by atoms with van der Waals surface area (Å²) in [5, 5.41) is 8.99. The van der Waals surface area contributed by atoms with E-state index in [9.17, 15) is 0 Å². The van der Waals surface area contributed by atoms with Gasteiger partial charge in [-0.15, -0.1) is 0 Å². The van der Waals surface area contributed by atoms with Crippen molar-refractivity contribution in [3.63, 3.8) is 0 Å². The van der Waals surface area contributed by atoms with Gasteiger partial charge >= 0.3 is 0 Å². The van der Waals surface area contributed by atoms with Gasteiger partial charge in [0.25, 0.3) is 0 Å². The number of benzene rings is 1. The number of nitriles is 1. The van der Waals surface area contributed by atoms with Gasteiger partial charge in [-0.05, 0) is 24.3 Å². The Morgan fingerprint density at radius 1 is 1.25 bits per heavy atom. The topological polar surface area (TPSA) is 57.7 Å². The summed E-state index contributed by atoms with van der Waals surface area (Å²) < 4.78 is 1.96. The number of fused-ring (bicyclic) bond motifs is 1. The minimum absolute atomic E-state index is 0.627. The SMILES string of the molecule is CN(c1cccc(C#N)c1)c1nccc2c1ncn2C. The fraction of sp³-hybridized carbons (Fsp3) is 0.133. The molecule has 0 saturated carbocycles. The number of pyridine rings is 1. The van der Waals surface area contributed by atoms with E-state index >= 15 is 0 Å². The molecule has 0 radical (unpaired) electrons. The van der Waals surface area contributed by atoms with Gasteiger partial charge in [0.05, 0.1) is 23.5 Å². The van der Waals surface area contributed by atoms with Crippen LogP contribution in [0, 0.1) is 11.3 Å². The van der Waals surface area contributed by atoms with Crippen molar-refractivity contribution in [1.29, 1.82) is 5.26 Å². The molecule has 0 bridgehead atoms. The first-order valence-corrected chi connectivity index (χ1v) is 6.20. The fourth-order valence-electron chi connectivity index (χ4n) is 2.20. The van der Waals surface area contributed by atoms with Gasteiger partial charge in [-0.2, -0.15) is 5.26 Å². The molecule has 0 aliphatic carbocycles. The number of anilines is 2. The lowest BCUT2D eigenvalue weighted by Crippen LogP contribution is -2.11. The minimum Gasteiger partial charge on any atom is -0.334 e. The van der Waals surface area contributed by atoms with E-state index in [2.05, 4.69) is 16.0 Å². The van der Waals surface area contributed by atoms with Crippen LogP contribution in [-0.4, -0.2) is 21.6 Å². The van der Waals surface area contributed by atoms with E-state index < -0.39 is 0 Å². The monoisotopic (exact) mass is 263 g/mol. The highest BCUT2D eigenvalue weighted by atomic mass is 15.2. The van der Waals surface area contributed by atoms with Crippen molar-refractivity contribution in [1.82, 2.24) is 14.5 Å². The van der Waals surface area contributed by atoms with Gasteiger partial charge in [-0.1, -0.05) is 6.07 Å². The molecule has 0 N–H and O–H groups in total. The number of aromatic nitrogens is 3. The van der Waals surface area contributed by atoms with Crippen LogP contribution in [0.25, 0.3) is 11.0 Å². The van der Waals surface area contributed by atoms with Gasteiger partial charge in [0, 0.05) is 26.0 Å². The smallest absolute Gasteiger partial charge is 0.160 e. The van der Waals surface area contributed by atoms with E-state index in [-0.39, 0.29) is 0 Å². The molecule has 0 spiro atoms. The highest BCUT2D eigenvalue weighted by Crippen LogP contribution is 2.28. The fourth-order valence-corrected chi connectivity index (χ4v) is 2.20. The standard InChI is InChI=1S/C15H13N5/c1-19-10-18-14-13(19)6-7-17-15(14)20(2)12-5-3-4-11(8-12)9-16/h3-8,10H,1-2H3. The summed E-state index contributed by atoms with van der Waals surface area (Å²) in [6.07, 6.45) is 3.54. The van der Waals surface area contributed by atoms with Crippen molar-refractivity contribution in [3.8, 4) is 6.07 Å². The lowest BCUT2D eigenvalue weighted by molar-refractivity contribution is 0.947. The second kappa shape index (κ2) is 4.67. The molecular formula is C15H13N5. The van der Waals surface area contributed by atoms with Crippen LogP contribution in [0.4, 0.5) is 11.5 Å². The first kappa shape index (κ1) is 12.2. The summed E-state index contributed by atoms with van der Waals surface area (Å²) in [6, 6.07) is 11.5. The average Bonchev–Trinajstić information content (AvgIpc) is 2.88. The molecule has 3 aromatic rings. The number of aryl methyl sites for hydroxylation is 1. The third-order valence-electron chi connectivity index (χ3n) is 3.30. The molecule has 0 aliphatic rings. The number of hydrogen-bond acceptors (Lipinski definition) is 4. The Hall–Kier alpha value is -2.87. The van der Waals surface area contributed by atoms with Gasteiger partial charge < -0.3 is 9.47 Å². The highest BCUT2D eigenvalue weighted by molar-refractivity contribution is 5.88. The van der Waals surface area contributed by atoms with E-state index in [1.54, 1.807) is 18.6 Å². The lowest BCUT2D eigenvalue weighted by atomic mass is 10.2. The van der Waals surface area contributed by atoms with Gasteiger partial charge in [0.2, 0.25) is 0 Å². The van der Waals surface area contributed by atoms with Gasteiger partial charge in [-0.25, -0.2) is 9.97 Å². The Kier molecular flexibility index (Phi) is 2.84. The number of hydrogen-bond donors (Lipinski definition) is 0. The van der Waals surface area contributed by atoms with Gasteiger partial charge in [0.15, 0.2) is 5.82 Å². The Balaban J connectivity index is 2.13. The van der Waals surface area contributed by atoms with Crippen molar-refractivity contribution in [2.45, 2.75) is 0 Å². The van der Waals surface area contributed by atoms with E-state index in [0.29, 0.717) is 5.56 Å². The molecule has 98 valence electrons. The van der Waals surface area contributed by atoms with Crippen LogP contribution in [0.3, 0.4) is 0 Å². The second-order valence-corrected chi connectivity index (χ2v) is 4.58. The summed E-state index contributed by atoms with van der Waals surface area (Å²) >= 11 is 0. The predicted octanol–water partition coefficient (Wildman–Crippen LogP) is 2.61. The Bertz CT molecular complexity index is 812. The molecule has 20 heavy (non-hydrogen) atoms. The largest absolute Gasteiger partial charge is 0.334 e. The van der Waals surface area contributed by atoms with E-state index in [4.69, 9.17) is 5.26 Å². The normalized spacial score (nSPS) is 10.4. The maximum atomic E-state index is 8.99. The third kappa shape index (κ3) is 1.88. The van der Waals surface area contributed by atoms with Crippen LogP contribution < -0.4 is 4.90 Å². The molecule has 5 nitrogen and oxygen atoms in total. The zero-order valence-electron chi connectivity index (χ0n) is 11.3. The zero-order chi connectivity index (χ0) is 14.1. The van der Waals surface area contributed by atoms with Gasteiger partial charge in [0.1, 0.15) is 5.52 Å². The van der Waals surface area contributed by atoms with Crippen LogP contribution in [0.2, 0.25) is 0 Å². The summed E-state index contributed by atoms with van der Waals surface area (Å²) in [5.74, 6) is 0.776. The molecule has 1 aromatic carbocycles. The Morgan fingerprint density at radius 3 is 2.90 bits per heavy atom. The number of rotatable bonds is 2. The quantitative estimate of drug-likeness (QED) is 0.713. The molecular weight excluding hydrogens is 250 g/mol. The molecule has 0 unspecified atom stereocenters. The molecule has 0 aliphatic heterocycles. The molecule has 0 amide bonds. The molecule has 3 rings (SSSR count). The molecule has 0 atom stereocenters. The molecule has 2 heterocycles. The van der Waals surface area contributed by atoms with Crippen LogP contribution in [0.1, 0.15) is 5.56 Å². The molecule has 2 aromatic heterocycles. The van der Waals surface area contributed by atoms with Crippen molar-refractivity contribution in [3.05, 3.63) is 48.4 Å². The van der Waals surface area contributed by atoms with Crippen LogP contribution >= 0.6 is 0 Å². The van der Waals surface area contributed by atoms with Crippen LogP contribution in [-0.2, 0) is 7.05 Å². The zero-order valence-corrected chi connectivity index (χ0v) is 11.3. The maximum absolute atomic E-state index is 8.99. The predicted molar refractivity (Wildman–Crippen MR) is 77.7 cm³/mol. The molecule has 0 fully saturated rings. The maximum Gasteiger partial charge on any atom is 0.160 e. The number of imidazole rings is 1. The summed E-state index contributed by atoms with van der Waals surface area (Å²) in [4.78, 5) is 10.8. The first-order chi connectivity index (χ1) is 9.70. The highest BCUT2D eigenvalue weighted by Gasteiger charge is 2.12. The third-order valence-corrected chi connectivity index (χ3v) is 3.30. The van der Waals surface area contributed by atoms with Crippen LogP contribution in [0.5, 0.6) is 0 Å². The van der Waals surface area contributed by atoms with Crippen molar-refractivity contribution in [2.75, 3.05) is 11.9 Å². The second-order valence-electron chi connectivity index (χ2n) is 4.58. The van der Waals surface area contributed by atoms with Crippen molar-refractivity contribution in [2.24, 2.45) is 7.05 Å². The van der Waals surface area contributed by atoms with E-state index in [1.807, 2.05) is 47.8 Å². The van der Waals surface area contributed by atoms with E-state index in [0.717, 1.165) is 22.5 Å². The molecule has 0 saturated heterocycles. The Morgan fingerprint density at radius 2 is 2.10 bits per heavy atom. The Labute approximate surface area is 116 Å². The summed E-state index contributed by atoms with van der Waals surface area (Å²) in [7, 11) is 3.88. The molecule has 5 heteroatoms. The summed E-state index contributed by atoms with van der Waals surface area (Å²) in [6.45, 7) is 0. The van der Waals surface area contributed by atoms with Crippen molar-refractivity contribution >= 4 is 22.5 Å². The number of nitrogens with zero attached hydrogens (tertiary/aromatic N) is 5. The van der Waals surface area contributed by atoms with Crippen molar-refractivity contribution < 1.29 is 0 Å². The average molecular weight is 263 g/mol. The lowest BCUT2D eigenvalue weighted by Gasteiger charge is -2.18. The van der Waals surface area contributed by atoms with Gasteiger partial charge in [-0.3, -0.25) is 0 Å². The van der Waals surface area contributed by atoms with E-state index in [1.165, 1.54) is 0 Å². The summed E-state index contributed by atoms with van der Waals surface area (Å²) in [5.41, 5.74) is 3.41. The minimum atomic E-state index is 0.627.